The topological polar surface area (TPSA) is 12.0 Å². The second kappa shape index (κ2) is 4.06. The molecule has 0 spiro atoms. The van der Waals surface area contributed by atoms with Gasteiger partial charge in [-0.3, -0.25) is 0 Å². The first kappa shape index (κ1) is 10.2. The maximum absolute atomic E-state index is 3.43. The zero-order valence-corrected chi connectivity index (χ0v) is 9.72. The van der Waals surface area contributed by atoms with Crippen LogP contribution in [0.15, 0.2) is 11.6 Å². The number of fused-ring (bicyclic) bond motifs is 1. The average Bonchev–Trinajstić information content (AvgIpc) is 2.42. The van der Waals surface area contributed by atoms with Gasteiger partial charge in [0.15, 0.2) is 0 Å². The van der Waals surface area contributed by atoms with E-state index < -0.39 is 0 Å². The predicted octanol–water partition coefficient (Wildman–Crippen LogP) is 2.98. The van der Waals surface area contributed by atoms with Gasteiger partial charge < -0.3 is 5.32 Å². The molecule has 3 atom stereocenters. The fourth-order valence-corrected chi connectivity index (χ4v) is 3.00. The quantitative estimate of drug-likeness (QED) is 0.677. The lowest BCUT2D eigenvalue weighted by molar-refractivity contribution is 0.251. The van der Waals surface area contributed by atoms with Gasteiger partial charge in [-0.15, -0.1) is 0 Å². The molecule has 2 aliphatic carbocycles. The molecule has 14 heavy (non-hydrogen) atoms. The van der Waals surface area contributed by atoms with Gasteiger partial charge in [0.25, 0.3) is 0 Å². The summed E-state index contributed by atoms with van der Waals surface area (Å²) in [6.45, 7) is 4.66. The first-order chi connectivity index (χ1) is 6.72. The molecule has 0 aromatic rings. The SMILES string of the molecule is CNC1CC=C2C(CCC(C)C)CC21. The summed E-state index contributed by atoms with van der Waals surface area (Å²) in [6, 6.07) is 0.764. The summed E-state index contributed by atoms with van der Waals surface area (Å²) in [5.41, 5.74) is 1.78. The Labute approximate surface area is 88.0 Å². The lowest BCUT2D eigenvalue weighted by Gasteiger charge is -2.39. The summed E-state index contributed by atoms with van der Waals surface area (Å²) < 4.78 is 0. The van der Waals surface area contributed by atoms with Crippen LogP contribution in [0.1, 0.15) is 39.5 Å². The van der Waals surface area contributed by atoms with Gasteiger partial charge in [-0.2, -0.15) is 0 Å². The van der Waals surface area contributed by atoms with E-state index in [1.807, 2.05) is 0 Å². The van der Waals surface area contributed by atoms with E-state index in [9.17, 15) is 0 Å². The summed E-state index contributed by atoms with van der Waals surface area (Å²) in [5, 5.41) is 3.43. The van der Waals surface area contributed by atoms with E-state index in [4.69, 9.17) is 0 Å². The Kier molecular flexibility index (Phi) is 2.96. The molecule has 1 fully saturated rings. The minimum absolute atomic E-state index is 0.764. The highest BCUT2D eigenvalue weighted by molar-refractivity contribution is 5.28. The Hall–Kier alpha value is -0.300. The van der Waals surface area contributed by atoms with E-state index in [-0.39, 0.29) is 0 Å². The molecule has 0 heterocycles. The van der Waals surface area contributed by atoms with Crippen LogP contribution in [0.25, 0.3) is 0 Å². The summed E-state index contributed by atoms with van der Waals surface area (Å²) in [4.78, 5) is 0. The van der Waals surface area contributed by atoms with Crippen molar-refractivity contribution in [1.29, 1.82) is 0 Å². The van der Waals surface area contributed by atoms with Crippen LogP contribution in [0.2, 0.25) is 0 Å². The van der Waals surface area contributed by atoms with Crippen molar-refractivity contribution in [1.82, 2.24) is 5.32 Å². The monoisotopic (exact) mass is 193 g/mol. The standard InChI is InChI=1S/C13H23N/c1-9(2)4-5-10-8-12-11(10)6-7-13(12)14-3/h6,9-10,12-14H,4-5,7-8H2,1-3H3. The Balaban J connectivity index is 1.80. The molecule has 0 radical (unpaired) electrons. The number of nitrogens with one attached hydrogen (secondary N) is 1. The Morgan fingerprint density at radius 1 is 1.50 bits per heavy atom. The number of hydrogen-bond donors (Lipinski definition) is 1. The fraction of sp³-hybridized carbons (Fsp3) is 0.846. The minimum atomic E-state index is 0.764. The van der Waals surface area contributed by atoms with E-state index in [1.165, 1.54) is 25.7 Å². The second-order valence-electron chi connectivity index (χ2n) is 5.35. The molecular formula is C13H23N. The van der Waals surface area contributed by atoms with Crippen LogP contribution in [0.4, 0.5) is 0 Å². The zero-order valence-electron chi connectivity index (χ0n) is 9.72. The average molecular weight is 193 g/mol. The molecule has 1 nitrogen and oxygen atoms in total. The maximum atomic E-state index is 3.43. The van der Waals surface area contributed by atoms with Crippen molar-refractivity contribution < 1.29 is 0 Å². The van der Waals surface area contributed by atoms with Gasteiger partial charge in [-0.1, -0.05) is 31.9 Å². The van der Waals surface area contributed by atoms with Gasteiger partial charge in [0, 0.05) is 6.04 Å². The minimum Gasteiger partial charge on any atom is -0.316 e. The van der Waals surface area contributed by atoms with E-state index in [0.717, 1.165) is 23.8 Å². The van der Waals surface area contributed by atoms with Crippen molar-refractivity contribution in [3.63, 3.8) is 0 Å². The molecule has 2 rings (SSSR count). The van der Waals surface area contributed by atoms with Crippen molar-refractivity contribution in [2.24, 2.45) is 17.8 Å². The lowest BCUT2D eigenvalue weighted by atomic mass is 9.67. The number of hydrogen-bond acceptors (Lipinski definition) is 1. The third-order valence-corrected chi connectivity index (χ3v) is 3.99. The number of rotatable bonds is 4. The van der Waals surface area contributed by atoms with Gasteiger partial charge in [0.05, 0.1) is 0 Å². The largest absolute Gasteiger partial charge is 0.316 e. The summed E-state index contributed by atoms with van der Waals surface area (Å²) >= 11 is 0. The molecule has 0 saturated heterocycles. The first-order valence-electron chi connectivity index (χ1n) is 6.09. The Morgan fingerprint density at radius 3 is 2.93 bits per heavy atom. The maximum Gasteiger partial charge on any atom is 0.0164 e. The van der Waals surface area contributed by atoms with Crippen molar-refractivity contribution in [2.45, 2.75) is 45.6 Å². The van der Waals surface area contributed by atoms with Gasteiger partial charge in [0.1, 0.15) is 0 Å². The summed E-state index contributed by atoms with van der Waals surface area (Å²) in [6.07, 6.45) is 8.05. The molecule has 80 valence electrons. The third kappa shape index (κ3) is 1.75. The van der Waals surface area contributed by atoms with Gasteiger partial charge in [-0.05, 0) is 44.1 Å². The molecule has 0 aromatic heterocycles. The van der Waals surface area contributed by atoms with Crippen LogP contribution in [0.5, 0.6) is 0 Å². The van der Waals surface area contributed by atoms with Crippen LogP contribution in [0.3, 0.4) is 0 Å². The van der Waals surface area contributed by atoms with Gasteiger partial charge >= 0.3 is 0 Å². The molecule has 2 aliphatic rings. The highest BCUT2D eigenvalue weighted by Gasteiger charge is 2.41. The molecule has 1 heteroatoms. The van der Waals surface area contributed by atoms with E-state index in [1.54, 1.807) is 5.57 Å². The van der Waals surface area contributed by atoms with Crippen LogP contribution in [0, 0.1) is 17.8 Å². The Bertz CT molecular complexity index is 229. The molecule has 0 amide bonds. The molecular weight excluding hydrogens is 170 g/mol. The van der Waals surface area contributed by atoms with E-state index in [0.29, 0.717) is 0 Å². The Morgan fingerprint density at radius 2 is 2.29 bits per heavy atom. The lowest BCUT2D eigenvalue weighted by Crippen LogP contribution is -2.39. The van der Waals surface area contributed by atoms with Gasteiger partial charge in [0.2, 0.25) is 0 Å². The third-order valence-electron chi connectivity index (χ3n) is 3.99. The molecule has 1 saturated carbocycles. The molecule has 1 N–H and O–H groups in total. The van der Waals surface area contributed by atoms with Crippen molar-refractivity contribution >= 4 is 0 Å². The summed E-state index contributed by atoms with van der Waals surface area (Å²) in [5.74, 6) is 2.72. The predicted molar refractivity (Wildman–Crippen MR) is 61.2 cm³/mol. The molecule has 0 bridgehead atoms. The van der Waals surface area contributed by atoms with Crippen LogP contribution < -0.4 is 5.32 Å². The van der Waals surface area contributed by atoms with Crippen molar-refractivity contribution in [2.75, 3.05) is 7.05 Å². The molecule has 3 unspecified atom stereocenters. The fourth-order valence-electron chi connectivity index (χ4n) is 3.00. The zero-order chi connectivity index (χ0) is 10.1. The van der Waals surface area contributed by atoms with Gasteiger partial charge in [-0.25, -0.2) is 0 Å². The van der Waals surface area contributed by atoms with Crippen LogP contribution in [-0.4, -0.2) is 13.1 Å². The highest BCUT2D eigenvalue weighted by Crippen LogP contribution is 2.49. The van der Waals surface area contributed by atoms with Crippen molar-refractivity contribution in [3.05, 3.63) is 11.6 Å². The smallest absolute Gasteiger partial charge is 0.0164 e. The van der Waals surface area contributed by atoms with E-state index >= 15 is 0 Å². The van der Waals surface area contributed by atoms with Crippen LogP contribution in [-0.2, 0) is 0 Å². The van der Waals surface area contributed by atoms with Crippen LogP contribution >= 0.6 is 0 Å². The second-order valence-corrected chi connectivity index (χ2v) is 5.35. The van der Waals surface area contributed by atoms with Crippen molar-refractivity contribution in [3.8, 4) is 0 Å². The van der Waals surface area contributed by atoms with E-state index in [2.05, 4.69) is 32.3 Å². The highest BCUT2D eigenvalue weighted by atomic mass is 14.9. The first-order valence-corrected chi connectivity index (χ1v) is 6.09. The summed E-state index contributed by atoms with van der Waals surface area (Å²) in [7, 11) is 2.10. The molecule has 0 aromatic carbocycles. The normalized spacial score (nSPS) is 35.4. The molecule has 0 aliphatic heterocycles.